The molecule has 0 unspecified atom stereocenters. The molecule has 3 N–H and O–H groups in total. The molecule has 0 bridgehead atoms. The summed E-state index contributed by atoms with van der Waals surface area (Å²) in [5, 5.41) is 17.1. The van der Waals surface area contributed by atoms with Gasteiger partial charge in [0.05, 0.1) is 29.0 Å². The first-order valence-corrected chi connectivity index (χ1v) is 12.0. The van der Waals surface area contributed by atoms with Gasteiger partial charge in [0.2, 0.25) is 10.0 Å². The Balaban J connectivity index is 1.64. The van der Waals surface area contributed by atoms with E-state index in [4.69, 9.17) is 5.14 Å². The van der Waals surface area contributed by atoms with E-state index in [1.54, 1.807) is 30.1 Å². The van der Waals surface area contributed by atoms with E-state index < -0.39 is 10.0 Å². The van der Waals surface area contributed by atoms with E-state index in [0.29, 0.717) is 24.3 Å². The number of rotatable bonds is 5. The minimum absolute atomic E-state index is 0.00941. The quantitative estimate of drug-likeness (QED) is 0.469. The highest BCUT2D eigenvalue weighted by molar-refractivity contribution is 7.89. The number of carbonyl (C=O) groups excluding carboxylic acids is 1. The third-order valence-corrected chi connectivity index (χ3v) is 6.76. The molecule has 0 spiro atoms. The van der Waals surface area contributed by atoms with Gasteiger partial charge in [-0.2, -0.15) is 10.2 Å². The second kappa shape index (κ2) is 7.98. The average Bonchev–Trinajstić information content (AvgIpc) is 3.40. The minimum atomic E-state index is -3.81. The molecule has 4 aromatic rings. The van der Waals surface area contributed by atoms with Crippen molar-refractivity contribution in [3.05, 3.63) is 83.3 Å². The number of nitrogens with one attached hydrogen (secondary N) is 1. The summed E-state index contributed by atoms with van der Waals surface area (Å²) < 4.78 is 27.0. The zero-order valence-corrected chi connectivity index (χ0v) is 18.7. The molecule has 0 saturated heterocycles. The van der Waals surface area contributed by atoms with Gasteiger partial charge in [0.25, 0.3) is 5.91 Å². The molecule has 1 aliphatic rings. The Hall–Kier alpha value is -3.76. The molecule has 1 aliphatic carbocycles. The molecule has 33 heavy (non-hydrogen) atoms. The van der Waals surface area contributed by atoms with Crippen LogP contribution in [0.15, 0.2) is 65.7 Å². The van der Waals surface area contributed by atoms with Crippen LogP contribution in [0.3, 0.4) is 0 Å². The van der Waals surface area contributed by atoms with Crippen molar-refractivity contribution in [1.29, 1.82) is 0 Å². The molecular weight excluding hydrogens is 440 g/mol. The smallest absolute Gasteiger partial charge is 0.271 e. The van der Waals surface area contributed by atoms with Gasteiger partial charge in [-0.05, 0) is 42.7 Å². The second-order valence-electron chi connectivity index (χ2n) is 7.85. The Bertz CT molecular complexity index is 1450. The zero-order valence-electron chi connectivity index (χ0n) is 17.9. The molecule has 1 amide bonds. The summed E-state index contributed by atoms with van der Waals surface area (Å²) in [5.74, 6) is -0.272. The summed E-state index contributed by atoms with van der Waals surface area (Å²) in [6.45, 7) is 0.644. The van der Waals surface area contributed by atoms with Crippen LogP contribution in [0.4, 0.5) is 0 Å². The highest BCUT2D eigenvalue weighted by atomic mass is 32.2. The molecule has 2 aromatic heterocycles. The fourth-order valence-corrected chi connectivity index (χ4v) is 4.75. The third-order valence-electron chi connectivity index (χ3n) is 5.83. The van der Waals surface area contributed by atoms with Gasteiger partial charge in [0.15, 0.2) is 5.69 Å². The van der Waals surface area contributed by atoms with Crippen LogP contribution in [-0.4, -0.2) is 40.9 Å². The first kappa shape index (κ1) is 21.1. The number of amides is 1. The van der Waals surface area contributed by atoms with Crippen LogP contribution in [-0.2, 0) is 29.4 Å². The summed E-state index contributed by atoms with van der Waals surface area (Å²) in [7, 11) is -2.24. The van der Waals surface area contributed by atoms with Crippen molar-refractivity contribution in [3.8, 4) is 16.9 Å². The van der Waals surface area contributed by atoms with Gasteiger partial charge in [-0.1, -0.05) is 30.3 Å². The molecule has 0 fully saturated rings. The van der Waals surface area contributed by atoms with E-state index in [9.17, 15) is 13.2 Å². The predicted molar refractivity (Wildman–Crippen MR) is 123 cm³/mol. The minimum Gasteiger partial charge on any atom is -0.354 e. The summed E-state index contributed by atoms with van der Waals surface area (Å²) in [5.41, 5.74) is 5.73. The number of benzene rings is 2. The number of nitrogens with two attached hydrogens (primary N) is 1. The number of aromatic nitrogens is 4. The zero-order chi connectivity index (χ0) is 23.2. The van der Waals surface area contributed by atoms with Crippen molar-refractivity contribution in [2.45, 2.75) is 24.3 Å². The first-order chi connectivity index (χ1) is 15.9. The fourth-order valence-electron chi connectivity index (χ4n) is 4.24. The molecule has 2 heterocycles. The largest absolute Gasteiger partial charge is 0.354 e. The van der Waals surface area contributed by atoms with Gasteiger partial charge < -0.3 is 5.32 Å². The van der Waals surface area contributed by atoms with Crippen molar-refractivity contribution in [1.82, 2.24) is 24.9 Å². The lowest BCUT2D eigenvalue weighted by Gasteiger charge is -2.17. The molecular formula is C23H22N6O3S. The Labute approximate surface area is 190 Å². The van der Waals surface area contributed by atoms with Crippen LogP contribution in [0.5, 0.6) is 0 Å². The van der Waals surface area contributed by atoms with Crippen molar-refractivity contribution in [2.24, 2.45) is 5.14 Å². The molecule has 168 valence electrons. The number of primary sulfonamides is 1. The molecule has 5 rings (SSSR count). The number of fused-ring (bicyclic) bond motifs is 3. The lowest BCUT2D eigenvalue weighted by molar-refractivity contribution is 0.0956. The molecule has 0 radical (unpaired) electrons. The maximum absolute atomic E-state index is 12.6. The predicted octanol–water partition coefficient (Wildman–Crippen LogP) is 1.89. The van der Waals surface area contributed by atoms with Crippen LogP contribution in [0.25, 0.3) is 16.9 Å². The normalized spacial score (nSPS) is 12.8. The lowest BCUT2D eigenvalue weighted by atomic mass is 9.93. The summed E-state index contributed by atoms with van der Waals surface area (Å²) in [6.07, 6.45) is 3.18. The Morgan fingerprint density at radius 2 is 1.82 bits per heavy atom. The summed E-state index contributed by atoms with van der Waals surface area (Å²) >= 11 is 0. The van der Waals surface area contributed by atoms with Crippen molar-refractivity contribution in [3.63, 3.8) is 0 Å². The monoisotopic (exact) mass is 462 g/mol. The Kier molecular flexibility index (Phi) is 5.10. The van der Waals surface area contributed by atoms with Gasteiger partial charge in [0.1, 0.15) is 0 Å². The van der Waals surface area contributed by atoms with Crippen molar-refractivity contribution >= 4 is 15.9 Å². The van der Waals surface area contributed by atoms with Crippen LogP contribution < -0.4 is 10.5 Å². The fraction of sp³-hybridized carbons (Fsp3) is 0.174. The number of hydrogen-bond acceptors (Lipinski definition) is 5. The van der Waals surface area contributed by atoms with Gasteiger partial charge in [-0.25, -0.2) is 18.2 Å². The molecule has 0 saturated carbocycles. The van der Waals surface area contributed by atoms with Crippen LogP contribution in [0, 0.1) is 0 Å². The molecule has 2 aromatic carbocycles. The standard InChI is InChI=1S/C23H22N6O3S/c1-25-23(30)21-18-11-12-20-19(13-26-28(20)14-15-5-3-2-4-6-15)22(18)29(27-21)16-7-9-17(10-8-16)33(24,31)32/h2-10,13H,11-12,14H2,1H3,(H,25,30)(H2,24,31,32). The molecule has 0 aliphatic heterocycles. The first-order valence-electron chi connectivity index (χ1n) is 10.4. The van der Waals surface area contributed by atoms with E-state index in [0.717, 1.165) is 34.5 Å². The number of sulfonamides is 1. The lowest BCUT2D eigenvalue weighted by Crippen LogP contribution is -2.20. The van der Waals surface area contributed by atoms with E-state index in [1.165, 1.54) is 12.1 Å². The van der Waals surface area contributed by atoms with Crippen LogP contribution in [0.2, 0.25) is 0 Å². The van der Waals surface area contributed by atoms with Gasteiger partial charge >= 0.3 is 0 Å². The van der Waals surface area contributed by atoms with E-state index in [1.807, 2.05) is 22.9 Å². The van der Waals surface area contributed by atoms with Crippen molar-refractivity contribution in [2.75, 3.05) is 7.05 Å². The highest BCUT2D eigenvalue weighted by Gasteiger charge is 2.31. The van der Waals surface area contributed by atoms with Gasteiger partial charge in [-0.15, -0.1) is 0 Å². The van der Waals surface area contributed by atoms with Crippen LogP contribution >= 0.6 is 0 Å². The van der Waals surface area contributed by atoms with Gasteiger partial charge in [0, 0.05) is 23.9 Å². The topological polar surface area (TPSA) is 125 Å². The molecule has 10 heteroatoms. The average molecular weight is 463 g/mol. The molecule has 9 nitrogen and oxygen atoms in total. The van der Waals surface area contributed by atoms with Gasteiger partial charge in [-0.3, -0.25) is 9.48 Å². The SMILES string of the molecule is CNC(=O)c1nn(-c2ccc(S(N)(=O)=O)cc2)c2c1CCc1c-2cnn1Cc1ccccc1. The number of hydrogen-bond donors (Lipinski definition) is 2. The van der Waals surface area contributed by atoms with E-state index >= 15 is 0 Å². The van der Waals surface area contributed by atoms with E-state index in [2.05, 4.69) is 27.6 Å². The van der Waals surface area contributed by atoms with Crippen molar-refractivity contribution < 1.29 is 13.2 Å². The maximum Gasteiger partial charge on any atom is 0.271 e. The van der Waals surface area contributed by atoms with E-state index in [-0.39, 0.29) is 10.8 Å². The Morgan fingerprint density at radius 1 is 1.09 bits per heavy atom. The second-order valence-corrected chi connectivity index (χ2v) is 9.42. The third kappa shape index (κ3) is 3.73. The highest BCUT2D eigenvalue weighted by Crippen LogP contribution is 2.37. The Morgan fingerprint density at radius 3 is 2.48 bits per heavy atom. The number of carbonyl (C=O) groups is 1. The molecule has 0 atom stereocenters. The number of nitrogens with zero attached hydrogens (tertiary/aromatic N) is 4. The maximum atomic E-state index is 12.6. The summed E-state index contributed by atoms with van der Waals surface area (Å²) in [6, 6.07) is 16.2. The summed E-state index contributed by atoms with van der Waals surface area (Å²) in [4.78, 5) is 12.6. The van der Waals surface area contributed by atoms with Crippen LogP contribution in [0.1, 0.15) is 27.3 Å².